The van der Waals surface area contributed by atoms with Crippen LogP contribution in [0.25, 0.3) is 0 Å². The maximum absolute atomic E-state index is 12.3. The molecule has 0 unspecified atom stereocenters. The van der Waals surface area contributed by atoms with Crippen molar-refractivity contribution in [1.82, 2.24) is 14.9 Å². The van der Waals surface area contributed by atoms with E-state index in [1.807, 2.05) is 29.6 Å². The average Bonchev–Trinajstić information content (AvgIpc) is 3.28. The summed E-state index contributed by atoms with van der Waals surface area (Å²) in [5.41, 5.74) is 1.63. The lowest BCUT2D eigenvalue weighted by atomic mass is 10.2. The molecule has 3 aromatic heterocycles. The fraction of sp³-hybridized carbons (Fsp3) is 0.222. The van der Waals surface area contributed by atoms with E-state index in [1.54, 1.807) is 41.1 Å². The summed E-state index contributed by atoms with van der Waals surface area (Å²) in [5.74, 6) is -0.135. The van der Waals surface area contributed by atoms with Crippen molar-refractivity contribution in [3.05, 3.63) is 63.6 Å². The Kier molecular flexibility index (Phi) is 6.08. The number of nitrogens with zero attached hydrogens (tertiary/aromatic N) is 3. The summed E-state index contributed by atoms with van der Waals surface area (Å²) >= 11 is 2.87. The predicted molar refractivity (Wildman–Crippen MR) is 103 cm³/mol. The smallest absolute Gasteiger partial charge is 0.231 e. The van der Waals surface area contributed by atoms with E-state index in [1.165, 1.54) is 11.3 Å². The monoisotopic (exact) mass is 386 g/mol. The summed E-state index contributed by atoms with van der Waals surface area (Å²) < 4.78 is 0. The highest BCUT2D eigenvalue weighted by Crippen LogP contribution is 2.18. The number of nitrogens with one attached hydrogen (secondary N) is 1. The van der Waals surface area contributed by atoms with Gasteiger partial charge in [-0.2, -0.15) is 0 Å². The third-order valence-electron chi connectivity index (χ3n) is 3.61. The van der Waals surface area contributed by atoms with Crippen LogP contribution in [0.3, 0.4) is 0 Å². The first-order valence-electron chi connectivity index (χ1n) is 7.99. The van der Waals surface area contributed by atoms with Crippen molar-refractivity contribution in [3.63, 3.8) is 0 Å². The highest BCUT2D eigenvalue weighted by Gasteiger charge is 2.14. The van der Waals surface area contributed by atoms with E-state index in [0.29, 0.717) is 23.8 Å². The Morgan fingerprint density at radius 2 is 2.08 bits per heavy atom. The molecule has 0 aliphatic rings. The second-order valence-electron chi connectivity index (χ2n) is 5.74. The Morgan fingerprint density at radius 3 is 2.81 bits per heavy atom. The van der Waals surface area contributed by atoms with Gasteiger partial charge in [-0.05, 0) is 23.1 Å². The van der Waals surface area contributed by atoms with E-state index in [0.717, 1.165) is 10.4 Å². The Hall–Kier alpha value is -2.58. The van der Waals surface area contributed by atoms with Gasteiger partial charge in [0.1, 0.15) is 0 Å². The van der Waals surface area contributed by atoms with Crippen LogP contribution >= 0.6 is 22.7 Å². The van der Waals surface area contributed by atoms with Crippen LogP contribution < -0.4 is 5.32 Å². The molecule has 0 bridgehead atoms. The van der Waals surface area contributed by atoms with Gasteiger partial charge in [-0.25, -0.2) is 4.98 Å². The minimum Gasteiger partial charge on any atom is -0.341 e. The van der Waals surface area contributed by atoms with Gasteiger partial charge in [0.05, 0.1) is 18.5 Å². The fourth-order valence-corrected chi connectivity index (χ4v) is 3.75. The Morgan fingerprint density at radius 1 is 1.19 bits per heavy atom. The number of aromatic nitrogens is 2. The van der Waals surface area contributed by atoms with Crippen LogP contribution in [0.1, 0.15) is 16.1 Å². The lowest BCUT2D eigenvalue weighted by Crippen LogP contribution is -2.27. The molecule has 0 saturated carbocycles. The zero-order chi connectivity index (χ0) is 18.4. The third-order valence-corrected chi connectivity index (χ3v) is 5.30. The molecular formula is C18H18N4O2S2. The van der Waals surface area contributed by atoms with Crippen LogP contribution in [0.15, 0.2) is 47.4 Å². The number of likely N-dealkylation sites (N-methyl/N-ethyl adjacent to an activating group) is 1. The highest BCUT2D eigenvalue weighted by atomic mass is 32.1. The van der Waals surface area contributed by atoms with E-state index < -0.39 is 0 Å². The van der Waals surface area contributed by atoms with E-state index in [-0.39, 0.29) is 18.2 Å². The number of pyridine rings is 1. The fourth-order valence-electron chi connectivity index (χ4n) is 2.32. The topological polar surface area (TPSA) is 75.2 Å². The zero-order valence-corrected chi connectivity index (χ0v) is 15.8. The quantitative estimate of drug-likeness (QED) is 0.677. The maximum Gasteiger partial charge on any atom is 0.231 e. The molecule has 0 saturated heterocycles. The van der Waals surface area contributed by atoms with E-state index >= 15 is 0 Å². The molecule has 3 heterocycles. The summed E-state index contributed by atoms with van der Waals surface area (Å²) in [5, 5.41) is 7.05. The predicted octanol–water partition coefficient (Wildman–Crippen LogP) is 2.98. The number of carbonyl (C=O) groups is 2. The van der Waals surface area contributed by atoms with E-state index in [4.69, 9.17) is 0 Å². The molecule has 0 aromatic carbocycles. The molecule has 0 aliphatic heterocycles. The van der Waals surface area contributed by atoms with Gasteiger partial charge in [-0.3, -0.25) is 14.6 Å². The molecule has 0 atom stereocenters. The first-order chi connectivity index (χ1) is 12.6. The summed E-state index contributed by atoms with van der Waals surface area (Å²) in [7, 11) is 1.76. The minimum absolute atomic E-state index is 0.0318. The highest BCUT2D eigenvalue weighted by molar-refractivity contribution is 7.14. The molecule has 1 N–H and O–H groups in total. The largest absolute Gasteiger partial charge is 0.341 e. The Labute approximate surface area is 159 Å². The first-order valence-corrected chi connectivity index (χ1v) is 9.75. The lowest BCUT2D eigenvalue weighted by molar-refractivity contribution is -0.129. The molecule has 2 amide bonds. The Balaban J connectivity index is 1.51. The van der Waals surface area contributed by atoms with Crippen LogP contribution in [0.5, 0.6) is 0 Å². The van der Waals surface area contributed by atoms with Gasteiger partial charge in [0.2, 0.25) is 11.8 Å². The molecule has 0 aliphatic carbocycles. The Bertz CT molecular complexity index is 862. The molecule has 3 aromatic rings. The van der Waals surface area contributed by atoms with E-state index in [2.05, 4.69) is 15.3 Å². The average molecular weight is 387 g/mol. The molecule has 0 spiro atoms. The van der Waals surface area contributed by atoms with Gasteiger partial charge < -0.3 is 10.2 Å². The third kappa shape index (κ3) is 5.21. The second kappa shape index (κ2) is 8.68. The van der Waals surface area contributed by atoms with Crippen molar-refractivity contribution in [2.75, 3.05) is 12.4 Å². The lowest BCUT2D eigenvalue weighted by Gasteiger charge is -2.16. The number of amides is 2. The number of rotatable bonds is 7. The minimum atomic E-state index is -0.103. The SMILES string of the molecule is CN(Cc1cccnc1)C(=O)Cc1csc(NC(=O)Cc2cccs2)n1. The van der Waals surface area contributed by atoms with Crippen molar-refractivity contribution in [2.24, 2.45) is 0 Å². The van der Waals surface area contributed by atoms with Crippen molar-refractivity contribution in [2.45, 2.75) is 19.4 Å². The molecule has 6 nitrogen and oxygen atoms in total. The maximum atomic E-state index is 12.3. The van der Waals surface area contributed by atoms with Gasteiger partial charge in [0.25, 0.3) is 0 Å². The number of carbonyl (C=O) groups excluding carboxylic acids is 2. The van der Waals surface area contributed by atoms with Crippen LogP contribution in [0.2, 0.25) is 0 Å². The van der Waals surface area contributed by atoms with Gasteiger partial charge in [0, 0.05) is 36.2 Å². The molecule has 134 valence electrons. The number of thiophene rings is 1. The molecule has 0 radical (unpaired) electrons. The summed E-state index contributed by atoms with van der Waals surface area (Å²) in [6, 6.07) is 7.62. The molecule has 8 heteroatoms. The summed E-state index contributed by atoms with van der Waals surface area (Å²) in [4.78, 5) is 35.4. The van der Waals surface area contributed by atoms with Crippen LogP contribution in [-0.2, 0) is 29.0 Å². The summed E-state index contributed by atoms with van der Waals surface area (Å²) in [6.07, 6.45) is 3.98. The molecule has 0 fully saturated rings. The van der Waals surface area contributed by atoms with Crippen molar-refractivity contribution < 1.29 is 9.59 Å². The molecular weight excluding hydrogens is 368 g/mol. The number of anilines is 1. The number of thiazole rings is 1. The van der Waals surface area contributed by atoms with Gasteiger partial charge >= 0.3 is 0 Å². The van der Waals surface area contributed by atoms with E-state index in [9.17, 15) is 9.59 Å². The van der Waals surface area contributed by atoms with Gasteiger partial charge in [-0.1, -0.05) is 12.1 Å². The number of hydrogen-bond donors (Lipinski definition) is 1. The normalized spacial score (nSPS) is 10.5. The summed E-state index contributed by atoms with van der Waals surface area (Å²) in [6.45, 7) is 0.501. The van der Waals surface area contributed by atoms with Gasteiger partial charge in [-0.15, -0.1) is 22.7 Å². The van der Waals surface area contributed by atoms with Crippen molar-refractivity contribution in [3.8, 4) is 0 Å². The second-order valence-corrected chi connectivity index (χ2v) is 7.63. The van der Waals surface area contributed by atoms with Crippen LogP contribution in [0.4, 0.5) is 5.13 Å². The molecule has 3 rings (SSSR count). The van der Waals surface area contributed by atoms with Gasteiger partial charge in [0.15, 0.2) is 5.13 Å². The number of hydrogen-bond acceptors (Lipinski definition) is 6. The van der Waals surface area contributed by atoms with Crippen molar-refractivity contribution >= 4 is 39.6 Å². The van der Waals surface area contributed by atoms with Crippen molar-refractivity contribution in [1.29, 1.82) is 0 Å². The molecule has 26 heavy (non-hydrogen) atoms. The standard InChI is InChI=1S/C18H18N4O2S2/c1-22(11-13-4-2-6-19-10-13)17(24)8-14-12-26-18(20-14)21-16(23)9-15-5-3-7-25-15/h2-7,10,12H,8-9,11H2,1H3,(H,20,21,23). The van der Waals surface area contributed by atoms with Crippen LogP contribution in [-0.4, -0.2) is 33.7 Å². The zero-order valence-electron chi connectivity index (χ0n) is 14.2. The first kappa shape index (κ1) is 18.2. The van der Waals surface area contributed by atoms with Crippen LogP contribution in [0, 0.1) is 0 Å².